The minimum absolute atomic E-state index is 0. The first-order valence-corrected chi connectivity index (χ1v) is 9.36. The number of aromatic hydroxyl groups is 1. The molecule has 1 aromatic carbocycles. The van der Waals surface area contributed by atoms with Crippen LogP contribution in [0.4, 0.5) is 4.39 Å². The van der Waals surface area contributed by atoms with E-state index < -0.39 is 5.67 Å². The molecule has 1 saturated carbocycles. The third-order valence-corrected chi connectivity index (χ3v) is 5.82. The van der Waals surface area contributed by atoms with Gasteiger partial charge in [0.1, 0.15) is 11.4 Å². The Labute approximate surface area is 151 Å². The van der Waals surface area contributed by atoms with Gasteiger partial charge in [-0.05, 0) is 55.8 Å². The molecule has 3 rings (SSSR count). The van der Waals surface area contributed by atoms with E-state index in [9.17, 15) is 5.11 Å². The molecule has 0 spiro atoms. The van der Waals surface area contributed by atoms with E-state index in [-0.39, 0.29) is 18.2 Å². The predicted octanol–water partition coefficient (Wildman–Crippen LogP) is 5.44. The van der Waals surface area contributed by atoms with Crippen molar-refractivity contribution in [2.75, 3.05) is 19.6 Å². The molecular weight excluding hydrogens is 325 g/mol. The van der Waals surface area contributed by atoms with Gasteiger partial charge in [-0.2, -0.15) is 0 Å². The van der Waals surface area contributed by atoms with E-state index in [1.165, 1.54) is 44.9 Å². The molecule has 24 heavy (non-hydrogen) atoms. The maximum absolute atomic E-state index is 15.1. The molecule has 4 heteroatoms. The Kier molecular flexibility index (Phi) is 7.36. The number of halogens is 2. The van der Waals surface area contributed by atoms with Crippen molar-refractivity contribution in [2.24, 2.45) is 5.92 Å². The number of nitrogens with zero attached hydrogens (tertiary/aromatic N) is 1. The van der Waals surface area contributed by atoms with Gasteiger partial charge >= 0.3 is 0 Å². The smallest absolute Gasteiger partial charge is 0.138 e. The van der Waals surface area contributed by atoms with Gasteiger partial charge in [0.25, 0.3) is 0 Å². The van der Waals surface area contributed by atoms with E-state index in [1.54, 1.807) is 24.3 Å². The molecule has 1 aromatic rings. The maximum Gasteiger partial charge on any atom is 0.138 e. The molecule has 2 fully saturated rings. The highest BCUT2D eigenvalue weighted by atomic mass is 35.5. The molecule has 1 saturated heterocycles. The normalized spacial score (nSPS) is 22.0. The molecule has 1 heterocycles. The van der Waals surface area contributed by atoms with Gasteiger partial charge in [0.05, 0.1) is 0 Å². The quantitative estimate of drug-likeness (QED) is 0.760. The van der Waals surface area contributed by atoms with Gasteiger partial charge in [-0.15, -0.1) is 12.4 Å². The second-order valence-electron chi connectivity index (χ2n) is 7.50. The number of rotatable bonds is 5. The van der Waals surface area contributed by atoms with Gasteiger partial charge in [0, 0.05) is 13.1 Å². The van der Waals surface area contributed by atoms with Crippen LogP contribution in [0.5, 0.6) is 5.75 Å². The van der Waals surface area contributed by atoms with E-state index in [0.717, 1.165) is 25.6 Å². The summed E-state index contributed by atoms with van der Waals surface area (Å²) in [7, 11) is 0. The van der Waals surface area contributed by atoms with Gasteiger partial charge in [-0.25, -0.2) is 4.39 Å². The minimum Gasteiger partial charge on any atom is -0.508 e. The summed E-state index contributed by atoms with van der Waals surface area (Å²) in [5, 5.41) is 9.57. The molecule has 1 aliphatic heterocycles. The molecule has 0 unspecified atom stereocenters. The van der Waals surface area contributed by atoms with Gasteiger partial charge in [0.2, 0.25) is 0 Å². The van der Waals surface area contributed by atoms with Crippen LogP contribution in [0.2, 0.25) is 0 Å². The zero-order chi connectivity index (χ0) is 16.1. The Morgan fingerprint density at radius 3 is 2.50 bits per heavy atom. The van der Waals surface area contributed by atoms with Crippen LogP contribution in [-0.2, 0) is 5.67 Å². The van der Waals surface area contributed by atoms with Crippen molar-refractivity contribution >= 4 is 12.4 Å². The van der Waals surface area contributed by atoms with Crippen molar-refractivity contribution in [3.05, 3.63) is 29.8 Å². The molecule has 0 bridgehead atoms. The monoisotopic (exact) mass is 355 g/mol. The first-order valence-electron chi connectivity index (χ1n) is 9.36. The number of hydrogen-bond donors (Lipinski definition) is 1. The summed E-state index contributed by atoms with van der Waals surface area (Å²) in [6.07, 6.45) is 10.8. The van der Waals surface area contributed by atoms with Crippen LogP contribution in [0.3, 0.4) is 0 Å². The van der Waals surface area contributed by atoms with Crippen LogP contribution < -0.4 is 0 Å². The zero-order valence-electron chi connectivity index (χ0n) is 14.6. The second kappa shape index (κ2) is 9.05. The van der Waals surface area contributed by atoms with E-state index in [0.29, 0.717) is 18.4 Å². The third kappa shape index (κ3) is 5.10. The number of hydrogen-bond acceptors (Lipinski definition) is 2. The van der Waals surface area contributed by atoms with Crippen LogP contribution in [0.25, 0.3) is 0 Å². The minimum atomic E-state index is -1.27. The molecule has 0 aromatic heterocycles. The molecule has 1 N–H and O–H groups in total. The molecule has 2 aliphatic rings. The van der Waals surface area contributed by atoms with Gasteiger partial charge in [-0.3, -0.25) is 0 Å². The highest BCUT2D eigenvalue weighted by molar-refractivity contribution is 5.85. The van der Waals surface area contributed by atoms with E-state index in [4.69, 9.17) is 0 Å². The van der Waals surface area contributed by atoms with Crippen LogP contribution in [0.1, 0.15) is 63.4 Å². The number of piperidine rings is 1. The van der Waals surface area contributed by atoms with Gasteiger partial charge in [-0.1, -0.05) is 44.2 Å². The topological polar surface area (TPSA) is 23.5 Å². The lowest BCUT2D eigenvalue weighted by molar-refractivity contribution is 0.0543. The Balaban J connectivity index is 0.00000208. The standard InChI is InChI=1S/C20H30FNO.ClH/c21-20(18-9-4-10-19(23)16-18)11-14-22(15-12-20)13-5-8-17-6-2-1-3-7-17;/h4,9-10,16-17,23H,1-3,5-8,11-15H2;1H. The number of likely N-dealkylation sites (tertiary alicyclic amines) is 1. The predicted molar refractivity (Wildman–Crippen MR) is 99.6 cm³/mol. The third-order valence-electron chi connectivity index (χ3n) is 5.82. The first-order chi connectivity index (χ1) is 11.2. The Morgan fingerprint density at radius 2 is 1.83 bits per heavy atom. The fraction of sp³-hybridized carbons (Fsp3) is 0.700. The second-order valence-corrected chi connectivity index (χ2v) is 7.50. The number of phenolic OH excluding ortho intramolecular Hbond substituents is 1. The highest BCUT2D eigenvalue weighted by Crippen LogP contribution is 2.38. The molecule has 136 valence electrons. The highest BCUT2D eigenvalue weighted by Gasteiger charge is 2.36. The molecule has 2 nitrogen and oxygen atoms in total. The Hall–Kier alpha value is -0.800. The Morgan fingerprint density at radius 1 is 1.12 bits per heavy atom. The number of alkyl halides is 1. The van der Waals surface area contributed by atoms with Crippen molar-refractivity contribution in [2.45, 2.75) is 63.5 Å². The SMILES string of the molecule is Cl.Oc1cccc(C2(F)CCN(CCCC3CCCCC3)CC2)c1. The average molecular weight is 356 g/mol. The zero-order valence-corrected chi connectivity index (χ0v) is 15.4. The summed E-state index contributed by atoms with van der Waals surface area (Å²) in [5.41, 5.74) is -0.627. The lowest BCUT2D eigenvalue weighted by atomic mass is 9.85. The van der Waals surface area contributed by atoms with Crippen molar-refractivity contribution in [1.82, 2.24) is 4.90 Å². The van der Waals surface area contributed by atoms with Crippen molar-refractivity contribution in [3.8, 4) is 5.75 Å². The van der Waals surface area contributed by atoms with Crippen molar-refractivity contribution in [1.29, 1.82) is 0 Å². The summed E-state index contributed by atoms with van der Waals surface area (Å²) in [4.78, 5) is 2.42. The molecule has 0 atom stereocenters. The summed E-state index contributed by atoms with van der Waals surface area (Å²) in [5.74, 6) is 1.11. The summed E-state index contributed by atoms with van der Waals surface area (Å²) >= 11 is 0. The van der Waals surface area contributed by atoms with Gasteiger partial charge < -0.3 is 10.0 Å². The lowest BCUT2D eigenvalue weighted by Gasteiger charge is -2.37. The molecule has 0 amide bonds. The van der Waals surface area contributed by atoms with Crippen LogP contribution in [0.15, 0.2) is 24.3 Å². The van der Waals surface area contributed by atoms with Crippen LogP contribution in [-0.4, -0.2) is 29.6 Å². The van der Waals surface area contributed by atoms with E-state index in [2.05, 4.69) is 4.90 Å². The molecular formula is C20H31ClFNO. The largest absolute Gasteiger partial charge is 0.508 e. The number of benzene rings is 1. The fourth-order valence-corrected chi connectivity index (χ4v) is 4.28. The van der Waals surface area contributed by atoms with Crippen LogP contribution >= 0.6 is 12.4 Å². The van der Waals surface area contributed by atoms with Crippen molar-refractivity contribution in [3.63, 3.8) is 0 Å². The first kappa shape index (κ1) is 19.5. The molecule has 0 radical (unpaired) electrons. The maximum atomic E-state index is 15.1. The van der Waals surface area contributed by atoms with E-state index in [1.807, 2.05) is 0 Å². The average Bonchev–Trinajstić information content (AvgIpc) is 2.58. The fourth-order valence-electron chi connectivity index (χ4n) is 4.28. The summed E-state index contributed by atoms with van der Waals surface area (Å²) in [6, 6.07) is 6.73. The van der Waals surface area contributed by atoms with Crippen molar-refractivity contribution < 1.29 is 9.50 Å². The van der Waals surface area contributed by atoms with Gasteiger partial charge in [0.15, 0.2) is 0 Å². The Bertz CT molecular complexity index is 496. The van der Waals surface area contributed by atoms with Crippen LogP contribution in [0, 0.1) is 5.92 Å². The summed E-state index contributed by atoms with van der Waals surface area (Å²) in [6.45, 7) is 2.78. The summed E-state index contributed by atoms with van der Waals surface area (Å²) < 4.78 is 15.1. The van der Waals surface area contributed by atoms with E-state index >= 15 is 4.39 Å². The lowest BCUT2D eigenvalue weighted by Crippen LogP contribution is -2.40. The molecule has 1 aliphatic carbocycles. The number of phenols is 1.